The van der Waals surface area contributed by atoms with Crippen LogP contribution in [0.2, 0.25) is 0 Å². The molecule has 22 heavy (non-hydrogen) atoms. The van der Waals surface area contributed by atoms with Gasteiger partial charge in [-0.2, -0.15) is 0 Å². The second-order valence-electron chi connectivity index (χ2n) is 5.18. The Kier molecular flexibility index (Phi) is 3.89. The summed E-state index contributed by atoms with van der Waals surface area (Å²) in [5.41, 5.74) is 2.46. The second kappa shape index (κ2) is 5.99. The van der Waals surface area contributed by atoms with Crippen molar-refractivity contribution in [2.24, 2.45) is 0 Å². The van der Waals surface area contributed by atoms with E-state index < -0.39 is 12.1 Å². The van der Waals surface area contributed by atoms with Gasteiger partial charge in [-0.05, 0) is 11.6 Å². The Morgan fingerprint density at radius 2 is 1.77 bits per heavy atom. The van der Waals surface area contributed by atoms with Crippen LogP contribution in [0.15, 0.2) is 54.6 Å². The highest BCUT2D eigenvalue weighted by Crippen LogP contribution is 2.32. The van der Waals surface area contributed by atoms with E-state index in [4.69, 9.17) is 5.11 Å². The Hall–Kier alpha value is -2.66. The van der Waals surface area contributed by atoms with Gasteiger partial charge in [0.15, 0.2) is 0 Å². The molecule has 1 aliphatic heterocycles. The molecular weight excluding hydrogens is 280 g/mol. The molecule has 1 aliphatic rings. The first-order chi connectivity index (χ1) is 10.7. The molecule has 1 amide bonds. The van der Waals surface area contributed by atoms with Gasteiger partial charge in [0.05, 0.1) is 6.54 Å². The number of benzene rings is 2. The maximum Gasteiger partial charge on any atom is 0.317 e. The molecule has 1 unspecified atom stereocenters. The molecule has 0 bridgehead atoms. The van der Waals surface area contributed by atoms with Gasteiger partial charge in [-0.15, -0.1) is 0 Å². The van der Waals surface area contributed by atoms with Crippen molar-refractivity contribution in [1.29, 1.82) is 0 Å². The van der Waals surface area contributed by atoms with Crippen molar-refractivity contribution < 1.29 is 14.7 Å². The van der Waals surface area contributed by atoms with E-state index in [-0.39, 0.29) is 12.5 Å². The van der Waals surface area contributed by atoms with Gasteiger partial charge in [0.1, 0.15) is 6.17 Å². The van der Waals surface area contributed by atoms with Crippen LogP contribution in [0.4, 0.5) is 0 Å². The number of carboxylic acid groups (broad SMARTS) is 1. The highest BCUT2D eigenvalue weighted by atomic mass is 16.4. The lowest BCUT2D eigenvalue weighted by atomic mass is 10.1. The smallest absolute Gasteiger partial charge is 0.317 e. The van der Waals surface area contributed by atoms with Crippen LogP contribution in [-0.4, -0.2) is 28.4 Å². The molecule has 5 nitrogen and oxygen atoms in total. The number of nitrogens with one attached hydrogen (secondary N) is 1. The second-order valence-corrected chi connectivity index (χ2v) is 5.18. The van der Waals surface area contributed by atoms with Gasteiger partial charge < -0.3 is 10.0 Å². The number of hydrogen-bond donors (Lipinski definition) is 2. The fourth-order valence-electron chi connectivity index (χ4n) is 2.72. The molecular formula is C17H16N2O3. The fraction of sp³-hybridized carbons (Fsp3) is 0.176. The molecule has 0 aliphatic carbocycles. The van der Waals surface area contributed by atoms with E-state index >= 15 is 0 Å². The maximum absolute atomic E-state index is 12.6. The van der Waals surface area contributed by atoms with Crippen molar-refractivity contribution >= 4 is 11.9 Å². The maximum atomic E-state index is 12.6. The van der Waals surface area contributed by atoms with Crippen LogP contribution in [0.25, 0.3) is 0 Å². The van der Waals surface area contributed by atoms with E-state index in [1.807, 2.05) is 48.5 Å². The minimum Gasteiger partial charge on any atom is -0.480 e. The van der Waals surface area contributed by atoms with Gasteiger partial charge in [0.2, 0.25) is 0 Å². The number of aliphatic carboxylic acids is 1. The summed E-state index contributed by atoms with van der Waals surface area (Å²) in [7, 11) is 0. The van der Waals surface area contributed by atoms with Gasteiger partial charge >= 0.3 is 5.97 Å². The normalized spacial score (nSPS) is 16.6. The van der Waals surface area contributed by atoms with Crippen LogP contribution >= 0.6 is 0 Å². The van der Waals surface area contributed by atoms with Crippen LogP contribution in [0.1, 0.15) is 27.7 Å². The first-order valence-electron chi connectivity index (χ1n) is 7.06. The largest absolute Gasteiger partial charge is 0.480 e. The molecule has 3 rings (SSSR count). The van der Waals surface area contributed by atoms with Gasteiger partial charge in [0, 0.05) is 17.7 Å². The first-order valence-corrected chi connectivity index (χ1v) is 7.06. The van der Waals surface area contributed by atoms with Crippen molar-refractivity contribution in [2.45, 2.75) is 12.7 Å². The molecule has 0 radical (unpaired) electrons. The summed E-state index contributed by atoms with van der Waals surface area (Å²) in [6.07, 6.45) is -0.417. The zero-order chi connectivity index (χ0) is 15.5. The van der Waals surface area contributed by atoms with Gasteiger partial charge in [-0.3, -0.25) is 14.9 Å². The van der Waals surface area contributed by atoms with E-state index in [0.29, 0.717) is 12.1 Å². The van der Waals surface area contributed by atoms with Crippen molar-refractivity contribution in [3.05, 3.63) is 71.3 Å². The molecule has 112 valence electrons. The van der Waals surface area contributed by atoms with E-state index in [9.17, 15) is 9.59 Å². The number of amides is 1. The van der Waals surface area contributed by atoms with Crippen molar-refractivity contribution in [3.8, 4) is 0 Å². The molecule has 0 fully saturated rings. The Morgan fingerprint density at radius 3 is 2.50 bits per heavy atom. The summed E-state index contributed by atoms with van der Waals surface area (Å²) in [5.74, 6) is -1.03. The fourth-order valence-corrected chi connectivity index (χ4v) is 2.72. The third-order valence-electron chi connectivity index (χ3n) is 3.70. The van der Waals surface area contributed by atoms with Crippen LogP contribution in [0, 0.1) is 0 Å². The molecule has 0 saturated heterocycles. The minimum atomic E-state index is -0.948. The van der Waals surface area contributed by atoms with Gasteiger partial charge in [-0.25, -0.2) is 0 Å². The first kappa shape index (κ1) is 14.3. The van der Waals surface area contributed by atoms with E-state index in [0.717, 1.165) is 11.1 Å². The topological polar surface area (TPSA) is 69.6 Å². The average Bonchev–Trinajstić information content (AvgIpc) is 2.79. The van der Waals surface area contributed by atoms with Crippen molar-refractivity contribution in [1.82, 2.24) is 10.2 Å². The van der Waals surface area contributed by atoms with Gasteiger partial charge in [-0.1, -0.05) is 48.5 Å². The van der Waals surface area contributed by atoms with E-state index in [1.54, 1.807) is 11.0 Å². The number of carbonyl (C=O) groups excluding carboxylic acids is 1. The molecule has 0 saturated carbocycles. The highest BCUT2D eigenvalue weighted by molar-refractivity contribution is 5.99. The molecule has 0 spiro atoms. The number of nitrogens with zero attached hydrogens (tertiary/aromatic N) is 1. The summed E-state index contributed by atoms with van der Waals surface area (Å²) in [5, 5.41) is 11.8. The number of hydrogen-bond acceptors (Lipinski definition) is 3. The van der Waals surface area contributed by atoms with E-state index in [2.05, 4.69) is 5.32 Å². The minimum absolute atomic E-state index is 0.0812. The van der Waals surface area contributed by atoms with Crippen LogP contribution in [0.5, 0.6) is 0 Å². The molecule has 2 N–H and O–H groups in total. The molecule has 5 heteroatoms. The molecule has 2 aromatic rings. The third kappa shape index (κ3) is 2.71. The summed E-state index contributed by atoms with van der Waals surface area (Å²) in [4.78, 5) is 25.1. The summed E-state index contributed by atoms with van der Waals surface area (Å²) in [6.45, 7) is 0.239. The summed E-state index contributed by atoms with van der Waals surface area (Å²) in [6, 6.07) is 17.0. The van der Waals surface area contributed by atoms with Crippen LogP contribution in [-0.2, 0) is 11.3 Å². The van der Waals surface area contributed by atoms with Crippen molar-refractivity contribution in [2.75, 3.05) is 6.54 Å². The highest BCUT2D eigenvalue weighted by Gasteiger charge is 2.36. The van der Waals surface area contributed by atoms with Crippen LogP contribution in [0.3, 0.4) is 0 Å². The predicted molar refractivity (Wildman–Crippen MR) is 81.1 cm³/mol. The third-order valence-corrected chi connectivity index (χ3v) is 3.70. The Bertz CT molecular complexity index is 700. The van der Waals surface area contributed by atoms with E-state index in [1.165, 1.54) is 0 Å². The van der Waals surface area contributed by atoms with Gasteiger partial charge in [0.25, 0.3) is 5.91 Å². The number of carbonyl (C=O) groups is 2. The SMILES string of the molecule is O=C(O)CNC1c2ccccc2C(=O)N1Cc1ccccc1. The van der Waals surface area contributed by atoms with Crippen molar-refractivity contribution in [3.63, 3.8) is 0 Å². The lowest BCUT2D eigenvalue weighted by molar-refractivity contribution is -0.136. The Labute approximate surface area is 128 Å². The molecule has 0 aromatic heterocycles. The average molecular weight is 296 g/mol. The Balaban J connectivity index is 1.90. The number of rotatable bonds is 5. The van der Waals surface area contributed by atoms with Crippen LogP contribution < -0.4 is 5.32 Å². The Morgan fingerprint density at radius 1 is 1.09 bits per heavy atom. The zero-order valence-corrected chi connectivity index (χ0v) is 11.9. The lowest BCUT2D eigenvalue weighted by Crippen LogP contribution is -2.38. The predicted octanol–water partition coefficient (Wildman–Crippen LogP) is 2.02. The quantitative estimate of drug-likeness (QED) is 0.885. The zero-order valence-electron chi connectivity index (χ0n) is 11.9. The lowest BCUT2D eigenvalue weighted by Gasteiger charge is -2.26. The summed E-state index contributed by atoms with van der Waals surface area (Å²) >= 11 is 0. The molecule has 1 heterocycles. The molecule has 2 aromatic carbocycles. The summed E-state index contributed by atoms with van der Waals surface area (Å²) < 4.78 is 0. The molecule has 1 atom stereocenters. The monoisotopic (exact) mass is 296 g/mol. The standard InChI is InChI=1S/C17H16N2O3/c20-15(21)10-18-16-13-8-4-5-9-14(13)17(22)19(16)11-12-6-2-1-3-7-12/h1-9,16,18H,10-11H2,(H,20,21). The number of carboxylic acids is 1. The number of fused-ring (bicyclic) bond motifs is 1.